The van der Waals surface area contributed by atoms with Crippen molar-refractivity contribution in [3.63, 3.8) is 0 Å². The fourth-order valence-electron chi connectivity index (χ4n) is 3.63. The van der Waals surface area contributed by atoms with Crippen molar-refractivity contribution in [3.05, 3.63) is 70.8 Å². The molecule has 32 heavy (non-hydrogen) atoms. The summed E-state index contributed by atoms with van der Waals surface area (Å²) in [5.74, 6) is 0.00405. The van der Waals surface area contributed by atoms with E-state index in [0.29, 0.717) is 11.7 Å². The molecule has 9 heteroatoms. The van der Waals surface area contributed by atoms with Crippen molar-refractivity contribution in [2.24, 2.45) is 0 Å². The van der Waals surface area contributed by atoms with Crippen molar-refractivity contribution in [3.8, 4) is 0 Å². The molecule has 0 radical (unpaired) electrons. The number of likely N-dealkylation sites (tertiary alicyclic amines) is 1. The molecular weight excluding hydrogens is 449 g/mol. The van der Waals surface area contributed by atoms with Gasteiger partial charge in [0.25, 0.3) is 0 Å². The lowest BCUT2D eigenvalue weighted by atomic mass is 10.2. The number of aromatic nitrogens is 3. The Morgan fingerprint density at radius 3 is 2.62 bits per heavy atom. The van der Waals surface area contributed by atoms with Crippen LogP contribution in [0.25, 0.3) is 0 Å². The van der Waals surface area contributed by atoms with Crippen LogP contribution >= 0.6 is 23.4 Å². The lowest BCUT2D eigenvalue weighted by molar-refractivity contribution is -0.115. The van der Waals surface area contributed by atoms with Gasteiger partial charge in [-0.3, -0.25) is 9.69 Å². The number of nitrogens with zero attached hydrogens (tertiary/aromatic N) is 4. The Bertz CT molecular complexity index is 1070. The van der Waals surface area contributed by atoms with Crippen LogP contribution in [-0.2, 0) is 17.9 Å². The summed E-state index contributed by atoms with van der Waals surface area (Å²) in [4.78, 5) is 15.1. The van der Waals surface area contributed by atoms with Gasteiger partial charge in [-0.2, -0.15) is 0 Å². The molecule has 1 atom stereocenters. The van der Waals surface area contributed by atoms with Crippen molar-refractivity contribution in [2.75, 3.05) is 18.4 Å². The Morgan fingerprint density at radius 2 is 1.91 bits per heavy atom. The summed E-state index contributed by atoms with van der Waals surface area (Å²) in [5.41, 5.74) is 1.24. The second-order valence-electron chi connectivity index (χ2n) is 7.83. The second-order valence-corrected chi connectivity index (χ2v) is 9.57. The zero-order valence-electron chi connectivity index (χ0n) is 17.8. The molecule has 1 aliphatic heterocycles. The van der Waals surface area contributed by atoms with Crippen molar-refractivity contribution in [2.45, 2.75) is 43.3 Å². The molecule has 3 aromatic rings. The van der Waals surface area contributed by atoms with E-state index < -0.39 is 11.1 Å². The average Bonchev–Trinajstić information content (AvgIpc) is 3.42. The Morgan fingerprint density at radius 1 is 1.16 bits per heavy atom. The molecule has 1 aromatic heterocycles. The molecule has 2 heterocycles. The van der Waals surface area contributed by atoms with Gasteiger partial charge in [0.1, 0.15) is 11.6 Å². The number of amides is 1. The highest BCUT2D eigenvalue weighted by atomic mass is 35.5. The van der Waals surface area contributed by atoms with E-state index in [1.807, 2.05) is 18.2 Å². The van der Waals surface area contributed by atoms with Crippen LogP contribution in [0.5, 0.6) is 0 Å². The van der Waals surface area contributed by atoms with E-state index in [9.17, 15) is 9.18 Å². The van der Waals surface area contributed by atoms with E-state index >= 15 is 0 Å². The lowest BCUT2D eigenvalue weighted by Gasteiger charge is -2.17. The largest absolute Gasteiger partial charge is 0.323 e. The highest BCUT2D eigenvalue weighted by Gasteiger charge is 2.23. The van der Waals surface area contributed by atoms with Crippen molar-refractivity contribution >= 4 is 35.0 Å². The van der Waals surface area contributed by atoms with E-state index in [0.717, 1.165) is 31.0 Å². The molecular formula is C23H25ClFN5OS. The number of thioether (sulfide) groups is 1. The van der Waals surface area contributed by atoms with Gasteiger partial charge in [0.2, 0.25) is 5.91 Å². The van der Waals surface area contributed by atoms with Crippen LogP contribution in [-0.4, -0.2) is 43.9 Å². The fourth-order valence-corrected chi connectivity index (χ4v) is 4.65. The first-order valence-corrected chi connectivity index (χ1v) is 11.9. The third-order valence-electron chi connectivity index (χ3n) is 5.38. The molecule has 1 saturated heterocycles. The van der Waals surface area contributed by atoms with Gasteiger partial charge < -0.3 is 9.88 Å². The van der Waals surface area contributed by atoms with Crippen LogP contribution in [0.15, 0.2) is 53.7 Å². The van der Waals surface area contributed by atoms with E-state index in [4.69, 9.17) is 11.6 Å². The molecule has 0 aliphatic carbocycles. The van der Waals surface area contributed by atoms with E-state index in [2.05, 4.69) is 37.1 Å². The Labute approximate surface area is 196 Å². The molecule has 2 aromatic carbocycles. The predicted molar refractivity (Wildman–Crippen MR) is 125 cm³/mol. The Kier molecular flexibility index (Phi) is 7.44. The van der Waals surface area contributed by atoms with Crippen LogP contribution in [0, 0.1) is 5.82 Å². The first-order valence-electron chi connectivity index (χ1n) is 10.6. The van der Waals surface area contributed by atoms with Gasteiger partial charge in [-0.15, -0.1) is 10.2 Å². The summed E-state index contributed by atoms with van der Waals surface area (Å²) in [6.07, 6.45) is 2.40. The van der Waals surface area contributed by atoms with E-state index in [-0.39, 0.29) is 16.6 Å². The van der Waals surface area contributed by atoms with Gasteiger partial charge in [0, 0.05) is 5.02 Å². The lowest BCUT2D eigenvalue weighted by Crippen LogP contribution is -2.24. The third kappa shape index (κ3) is 5.68. The molecule has 0 saturated carbocycles. The van der Waals surface area contributed by atoms with Crippen LogP contribution < -0.4 is 5.32 Å². The molecule has 1 aliphatic rings. The number of carbonyl (C=O) groups is 1. The predicted octanol–water partition coefficient (Wildman–Crippen LogP) is 4.83. The van der Waals surface area contributed by atoms with E-state index in [1.54, 1.807) is 13.0 Å². The number of anilines is 1. The van der Waals surface area contributed by atoms with Gasteiger partial charge >= 0.3 is 0 Å². The fraction of sp³-hybridized carbons (Fsp3) is 0.348. The van der Waals surface area contributed by atoms with Gasteiger partial charge in [0.05, 0.1) is 24.0 Å². The minimum Gasteiger partial charge on any atom is -0.323 e. The monoisotopic (exact) mass is 473 g/mol. The average molecular weight is 474 g/mol. The Hall–Kier alpha value is -2.42. The van der Waals surface area contributed by atoms with Crippen LogP contribution in [0.2, 0.25) is 5.02 Å². The molecule has 0 bridgehead atoms. The quantitative estimate of drug-likeness (QED) is 0.474. The number of carbonyl (C=O) groups excluding carboxylic acids is 1. The van der Waals surface area contributed by atoms with Gasteiger partial charge in [0.15, 0.2) is 5.16 Å². The molecule has 1 unspecified atom stereocenters. The topological polar surface area (TPSA) is 63.1 Å². The van der Waals surface area contributed by atoms with Crippen LogP contribution in [0.1, 0.15) is 31.2 Å². The number of rotatable bonds is 8. The number of hydrogen-bond acceptors (Lipinski definition) is 5. The van der Waals surface area contributed by atoms with Crippen molar-refractivity contribution < 1.29 is 9.18 Å². The molecule has 1 N–H and O–H groups in total. The minimum absolute atomic E-state index is 0.104. The maximum atomic E-state index is 14.1. The summed E-state index contributed by atoms with van der Waals surface area (Å²) in [7, 11) is 0. The van der Waals surface area contributed by atoms with Gasteiger partial charge in [-0.05, 0) is 56.6 Å². The maximum absolute atomic E-state index is 14.1. The van der Waals surface area contributed by atoms with Crippen LogP contribution in [0.3, 0.4) is 0 Å². The van der Waals surface area contributed by atoms with Crippen molar-refractivity contribution in [1.82, 2.24) is 19.7 Å². The number of nitrogens with one attached hydrogen (secondary N) is 1. The molecule has 0 spiro atoms. The summed E-state index contributed by atoms with van der Waals surface area (Å²) in [6.45, 7) is 5.25. The van der Waals surface area contributed by atoms with Gasteiger partial charge in [-0.25, -0.2) is 4.39 Å². The highest BCUT2D eigenvalue weighted by molar-refractivity contribution is 8.00. The van der Waals surface area contributed by atoms with Crippen molar-refractivity contribution in [1.29, 1.82) is 0 Å². The third-order valence-corrected chi connectivity index (χ3v) is 6.70. The molecule has 4 rings (SSSR count). The second kappa shape index (κ2) is 10.5. The molecule has 1 amide bonds. The van der Waals surface area contributed by atoms with Crippen LogP contribution in [0.4, 0.5) is 10.1 Å². The molecule has 1 fully saturated rings. The minimum atomic E-state index is -0.566. The summed E-state index contributed by atoms with van der Waals surface area (Å²) < 4.78 is 16.1. The summed E-state index contributed by atoms with van der Waals surface area (Å²) in [6, 6.07) is 14.3. The first-order chi connectivity index (χ1) is 15.5. The van der Waals surface area contributed by atoms with E-state index in [1.165, 1.54) is 36.7 Å². The Balaban J connectivity index is 1.50. The highest BCUT2D eigenvalue weighted by Crippen LogP contribution is 2.26. The molecule has 168 valence electrons. The zero-order valence-corrected chi connectivity index (χ0v) is 19.4. The standard InChI is InChI=1S/C23H25ClFN5OS/c1-16(22(31)26-20-10-9-18(24)13-19(20)25)32-23-28-27-21(15-29-11-5-6-12-29)30(23)14-17-7-3-2-4-8-17/h2-4,7-10,13,16H,5-6,11-12,14-15H2,1H3,(H,26,31). The zero-order chi connectivity index (χ0) is 22.5. The summed E-state index contributed by atoms with van der Waals surface area (Å²) in [5, 5.41) is 11.9. The number of halogens is 2. The number of benzene rings is 2. The summed E-state index contributed by atoms with van der Waals surface area (Å²) >= 11 is 7.11. The smallest absolute Gasteiger partial charge is 0.237 e. The molecule has 6 nitrogen and oxygen atoms in total. The maximum Gasteiger partial charge on any atom is 0.237 e. The first kappa shape index (κ1) is 22.8. The SMILES string of the molecule is CC(Sc1nnc(CN2CCCC2)n1Cc1ccccc1)C(=O)Nc1ccc(Cl)cc1F. The number of hydrogen-bond donors (Lipinski definition) is 1. The van der Waals surface area contributed by atoms with Gasteiger partial charge in [-0.1, -0.05) is 53.7 Å². The normalized spacial score (nSPS) is 15.1.